The molecule has 92 valence electrons. The van der Waals surface area contributed by atoms with Gasteiger partial charge in [0.1, 0.15) is 0 Å². The van der Waals surface area contributed by atoms with Gasteiger partial charge in [0.15, 0.2) is 0 Å². The molecule has 4 nitrogen and oxygen atoms in total. The largest absolute Gasteiger partial charge is 0.378 e. The molecule has 0 bridgehead atoms. The minimum atomic E-state index is 0.0994. The van der Waals surface area contributed by atoms with Crippen LogP contribution in [0.1, 0.15) is 38.5 Å². The maximum Gasteiger partial charge on any atom is 0.222 e. The van der Waals surface area contributed by atoms with Crippen molar-refractivity contribution in [3.8, 4) is 0 Å². The first-order valence-corrected chi connectivity index (χ1v) is 6.34. The SMILES string of the molecule is O=C(CC1CCCCO1)NCC1CCCO1. The topological polar surface area (TPSA) is 47.6 Å². The second kappa shape index (κ2) is 6.21. The smallest absolute Gasteiger partial charge is 0.222 e. The second-order valence-electron chi connectivity index (χ2n) is 4.63. The Bertz CT molecular complexity index is 220. The van der Waals surface area contributed by atoms with Gasteiger partial charge in [-0.05, 0) is 32.1 Å². The molecule has 0 spiro atoms. The summed E-state index contributed by atoms with van der Waals surface area (Å²) in [5, 5.41) is 2.93. The molecule has 0 aromatic rings. The van der Waals surface area contributed by atoms with Crippen LogP contribution in [0.3, 0.4) is 0 Å². The summed E-state index contributed by atoms with van der Waals surface area (Å²) in [6.07, 6.45) is 6.40. The molecule has 2 unspecified atom stereocenters. The fourth-order valence-electron chi connectivity index (χ4n) is 2.28. The summed E-state index contributed by atoms with van der Waals surface area (Å²) in [6.45, 7) is 2.31. The van der Waals surface area contributed by atoms with Crippen molar-refractivity contribution in [2.45, 2.75) is 50.7 Å². The molecule has 1 amide bonds. The number of rotatable bonds is 4. The van der Waals surface area contributed by atoms with Crippen LogP contribution in [0, 0.1) is 0 Å². The first-order valence-electron chi connectivity index (χ1n) is 6.34. The van der Waals surface area contributed by atoms with E-state index in [9.17, 15) is 4.79 Å². The van der Waals surface area contributed by atoms with Crippen molar-refractivity contribution in [1.29, 1.82) is 0 Å². The molecule has 16 heavy (non-hydrogen) atoms. The van der Waals surface area contributed by atoms with Crippen LogP contribution in [-0.2, 0) is 14.3 Å². The molecule has 2 saturated heterocycles. The molecule has 2 aliphatic heterocycles. The number of nitrogens with one attached hydrogen (secondary N) is 1. The molecule has 0 saturated carbocycles. The van der Waals surface area contributed by atoms with Gasteiger partial charge in [-0.2, -0.15) is 0 Å². The van der Waals surface area contributed by atoms with Crippen LogP contribution in [0.5, 0.6) is 0 Å². The number of hydrogen-bond acceptors (Lipinski definition) is 3. The highest BCUT2D eigenvalue weighted by Gasteiger charge is 2.19. The van der Waals surface area contributed by atoms with Crippen molar-refractivity contribution < 1.29 is 14.3 Å². The summed E-state index contributed by atoms with van der Waals surface area (Å²) in [7, 11) is 0. The third-order valence-electron chi connectivity index (χ3n) is 3.24. The van der Waals surface area contributed by atoms with Gasteiger partial charge in [-0.25, -0.2) is 0 Å². The first-order chi connectivity index (χ1) is 7.84. The van der Waals surface area contributed by atoms with Gasteiger partial charge in [-0.3, -0.25) is 4.79 Å². The minimum absolute atomic E-state index is 0.0994. The van der Waals surface area contributed by atoms with E-state index in [1.807, 2.05) is 0 Å². The van der Waals surface area contributed by atoms with Crippen molar-refractivity contribution in [3.63, 3.8) is 0 Å². The van der Waals surface area contributed by atoms with Crippen molar-refractivity contribution in [1.82, 2.24) is 5.32 Å². The van der Waals surface area contributed by atoms with E-state index in [1.165, 1.54) is 6.42 Å². The molecule has 2 aliphatic rings. The highest BCUT2D eigenvalue weighted by Crippen LogP contribution is 2.15. The quantitative estimate of drug-likeness (QED) is 0.786. The van der Waals surface area contributed by atoms with Gasteiger partial charge in [0.25, 0.3) is 0 Å². The van der Waals surface area contributed by atoms with E-state index < -0.39 is 0 Å². The third-order valence-corrected chi connectivity index (χ3v) is 3.24. The maximum absolute atomic E-state index is 11.6. The van der Waals surface area contributed by atoms with Crippen LogP contribution < -0.4 is 5.32 Å². The zero-order valence-electron chi connectivity index (χ0n) is 9.74. The molecule has 4 heteroatoms. The van der Waals surface area contributed by atoms with Gasteiger partial charge in [-0.1, -0.05) is 0 Å². The number of carbonyl (C=O) groups excluding carboxylic acids is 1. The summed E-state index contributed by atoms with van der Waals surface area (Å²) < 4.78 is 11.0. The number of carbonyl (C=O) groups is 1. The fraction of sp³-hybridized carbons (Fsp3) is 0.917. The summed E-state index contributed by atoms with van der Waals surface area (Å²) in [6, 6.07) is 0. The zero-order chi connectivity index (χ0) is 11.2. The molecule has 0 aromatic carbocycles. The van der Waals surface area contributed by atoms with Crippen LogP contribution in [0.15, 0.2) is 0 Å². The van der Waals surface area contributed by atoms with Gasteiger partial charge in [-0.15, -0.1) is 0 Å². The Morgan fingerprint density at radius 1 is 1.06 bits per heavy atom. The fourth-order valence-corrected chi connectivity index (χ4v) is 2.28. The molecule has 0 radical (unpaired) electrons. The van der Waals surface area contributed by atoms with Crippen molar-refractivity contribution in [3.05, 3.63) is 0 Å². The Morgan fingerprint density at radius 2 is 1.81 bits per heavy atom. The van der Waals surface area contributed by atoms with Gasteiger partial charge < -0.3 is 14.8 Å². The molecule has 1 N–H and O–H groups in total. The Kier molecular flexibility index (Phi) is 4.60. The average Bonchev–Trinajstić information content (AvgIpc) is 2.81. The lowest BCUT2D eigenvalue weighted by atomic mass is 10.1. The number of hydrogen-bond donors (Lipinski definition) is 1. The monoisotopic (exact) mass is 227 g/mol. The lowest BCUT2D eigenvalue weighted by molar-refractivity contribution is -0.125. The molecular formula is C12H21NO3. The summed E-state index contributed by atoms with van der Waals surface area (Å²) in [5.74, 6) is 0.0994. The molecule has 2 rings (SSSR count). The number of ether oxygens (including phenoxy) is 2. The van der Waals surface area contributed by atoms with Crippen molar-refractivity contribution in [2.24, 2.45) is 0 Å². The van der Waals surface area contributed by atoms with Crippen LogP contribution in [-0.4, -0.2) is 37.9 Å². The standard InChI is InChI=1S/C12H21NO3/c14-12(8-10-4-1-2-6-15-10)13-9-11-5-3-7-16-11/h10-11H,1-9H2,(H,13,14). The Morgan fingerprint density at radius 3 is 2.50 bits per heavy atom. The van der Waals surface area contributed by atoms with Gasteiger partial charge >= 0.3 is 0 Å². The van der Waals surface area contributed by atoms with Crippen LogP contribution in [0.4, 0.5) is 0 Å². The first kappa shape index (κ1) is 11.9. The second-order valence-corrected chi connectivity index (χ2v) is 4.63. The normalized spacial score (nSPS) is 30.2. The highest BCUT2D eigenvalue weighted by molar-refractivity contribution is 5.76. The van der Waals surface area contributed by atoms with Crippen LogP contribution in [0.25, 0.3) is 0 Å². The number of amides is 1. The predicted molar refractivity (Wildman–Crippen MR) is 60.2 cm³/mol. The van der Waals surface area contributed by atoms with Gasteiger partial charge in [0, 0.05) is 19.8 Å². The molecule has 2 fully saturated rings. The summed E-state index contributed by atoms with van der Waals surface area (Å²) in [4.78, 5) is 11.6. The van der Waals surface area contributed by atoms with Gasteiger partial charge in [0.2, 0.25) is 5.91 Å². The maximum atomic E-state index is 11.6. The zero-order valence-corrected chi connectivity index (χ0v) is 9.74. The van der Waals surface area contributed by atoms with Crippen molar-refractivity contribution >= 4 is 5.91 Å². The average molecular weight is 227 g/mol. The van der Waals surface area contributed by atoms with Crippen LogP contribution in [0.2, 0.25) is 0 Å². The van der Waals surface area contributed by atoms with Crippen LogP contribution >= 0.6 is 0 Å². The Labute approximate surface area is 96.7 Å². The van der Waals surface area contributed by atoms with E-state index in [0.29, 0.717) is 13.0 Å². The van der Waals surface area contributed by atoms with Crippen molar-refractivity contribution in [2.75, 3.05) is 19.8 Å². The predicted octanol–water partition coefficient (Wildman–Crippen LogP) is 1.24. The third kappa shape index (κ3) is 3.76. The van der Waals surface area contributed by atoms with E-state index in [4.69, 9.17) is 9.47 Å². The lowest BCUT2D eigenvalue weighted by Crippen LogP contribution is -2.35. The molecular weight excluding hydrogens is 206 g/mol. The lowest BCUT2D eigenvalue weighted by Gasteiger charge is -2.22. The highest BCUT2D eigenvalue weighted by atomic mass is 16.5. The molecule has 2 atom stereocenters. The summed E-state index contributed by atoms with van der Waals surface area (Å²) in [5.41, 5.74) is 0. The summed E-state index contributed by atoms with van der Waals surface area (Å²) >= 11 is 0. The minimum Gasteiger partial charge on any atom is -0.378 e. The molecule has 0 aliphatic carbocycles. The molecule has 0 aromatic heterocycles. The van der Waals surface area contributed by atoms with E-state index in [1.54, 1.807) is 0 Å². The van der Waals surface area contributed by atoms with E-state index in [0.717, 1.165) is 38.9 Å². The Balaban J connectivity index is 1.59. The van der Waals surface area contributed by atoms with E-state index >= 15 is 0 Å². The van der Waals surface area contributed by atoms with E-state index in [2.05, 4.69) is 5.32 Å². The molecule has 2 heterocycles. The Hall–Kier alpha value is -0.610. The van der Waals surface area contributed by atoms with E-state index in [-0.39, 0.29) is 18.1 Å². The van der Waals surface area contributed by atoms with Gasteiger partial charge in [0.05, 0.1) is 18.6 Å².